The molecule has 2 rings (SSSR count). The van der Waals surface area contributed by atoms with Crippen molar-refractivity contribution in [2.45, 2.75) is 6.92 Å². The SMILES string of the molecule is C=C(NC(C)=O)NC(=O)c1nc(-c2ccc(F)cc2)cnc1N. The maximum atomic E-state index is 13.0. The van der Waals surface area contributed by atoms with E-state index in [1.165, 1.54) is 37.4 Å². The summed E-state index contributed by atoms with van der Waals surface area (Å²) in [5.74, 6) is -1.52. The number of hydrogen-bond acceptors (Lipinski definition) is 5. The van der Waals surface area contributed by atoms with E-state index in [9.17, 15) is 14.0 Å². The van der Waals surface area contributed by atoms with Gasteiger partial charge in [-0.2, -0.15) is 0 Å². The number of anilines is 1. The highest BCUT2D eigenvalue weighted by Crippen LogP contribution is 2.18. The van der Waals surface area contributed by atoms with Crippen LogP contribution in [0.15, 0.2) is 42.9 Å². The standard InChI is InChI=1S/C15H14FN5O2/c1-8(19-9(2)22)20-15(23)13-14(17)18-7-12(21-13)10-3-5-11(16)6-4-10/h3-7H,1H2,2H3,(H2,17,18)(H,19,22)(H,20,23). The van der Waals surface area contributed by atoms with Crippen molar-refractivity contribution in [3.63, 3.8) is 0 Å². The second-order valence-corrected chi connectivity index (χ2v) is 4.61. The number of hydrogen-bond donors (Lipinski definition) is 3. The van der Waals surface area contributed by atoms with Crippen LogP contribution in [0.1, 0.15) is 17.4 Å². The highest BCUT2D eigenvalue weighted by atomic mass is 19.1. The van der Waals surface area contributed by atoms with E-state index in [4.69, 9.17) is 5.73 Å². The van der Waals surface area contributed by atoms with Crippen LogP contribution >= 0.6 is 0 Å². The van der Waals surface area contributed by atoms with Crippen molar-refractivity contribution in [1.82, 2.24) is 20.6 Å². The number of amides is 2. The molecule has 0 spiro atoms. The number of halogens is 1. The highest BCUT2D eigenvalue weighted by Gasteiger charge is 2.15. The van der Waals surface area contributed by atoms with Crippen LogP contribution in [-0.2, 0) is 4.79 Å². The molecule has 0 unspecified atom stereocenters. The molecule has 1 aromatic heterocycles. The van der Waals surface area contributed by atoms with Gasteiger partial charge >= 0.3 is 0 Å². The van der Waals surface area contributed by atoms with Gasteiger partial charge in [-0.15, -0.1) is 0 Å². The summed E-state index contributed by atoms with van der Waals surface area (Å²) in [6.07, 6.45) is 1.38. The summed E-state index contributed by atoms with van der Waals surface area (Å²) in [4.78, 5) is 31.1. The van der Waals surface area contributed by atoms with Crippen LogP contribution in [0.3, 0.4) is 0 Å². The molecule has 4 N–H and O–H groups in total. The van der Waals surface area contributed by atoms with Crippen molar-refractivity contribution >= 4 is 17.6 Å². The lowest BCUT2D eigenvalue weighted by Gasteiger charge is -2.10. The molecule has 0 saturated heterocycles. The van der Waals surface area contributed by atoms with Gasteiger partial charge in [0.1, 0.15) is 11.6 Å². The quantitative estimate of drug-likeness (QED) is 0.785. The number of benzene rings is 1. The molecule has 0 atom stereocenters. The Labute approximate surface area is 131 Å². The van der Waals surface area contributed by atoms with Gasteiger partial charge in [0.05, 0.1) is 11.9 Å². The number of nitrogen functional groups attached to an aromatic ring is 1. The van der Waals surface area contributed by atoms with Gasteiger partial charge < -0.3 is 16.4 Å². The first-order valence-electron chi connectivity index (χ1n) is 6.53. The molecule has 7 nitrogen and oxygen atoms in total. The predicted molar refractivity (Wildman–Crippen MR) is 82.3 cm³/mol. The van der Waals surface area contributed by atoms with Gasteiger partial charge in [0, 0.05) is 12.5 Å². The molecule has 0 saturated carbocycles. The van der Waals surface area contributed by atoms with E-state index in [1.807, 2.05) is 0 Å². The van der Waals surface area contributed by atoms with E-state index in [2.05, 4.69) is 27.2 Å². The summed E-state index contributed by atoms with van der Waals surface area (Å²) in [7, 11) is 0. The molecular weight excluding hydrogens is 301 g/mol. The number of rotatable bonds is 4. The molecule has 0 aliphatic rings. The predicted octanol–water partition coefficient (Wildman–Crippen LogP) is 1.20. The van der Waals surface area contributed by atoms with Crippen LogP contribution in [0.4, 0.5) is 10.2 Å². The van der Waals surface area contributed by atoms with Gasteiger partial charge in [-0.1, -0.05) is 6.58 Å². The summed E-state index contributed by atoms with van der Waals surface area (Å²) in [6.45, 7) is 4.76. The van der Waals surface area contributed by atoms with Crippen LogP contribution in [0.5, 0.6) is 0 Å². The fraction of sp³-hybridized carbons (Fsp3) is 0.0667. The highest BCUT2D eigenvalue weighted by molar-refractivity contribution is 5.98. The molecule has 0 aliphatic heterocycles. The zero-order chi connectivity index (χ0) is 17.0. The van der Waals surface area contributed by atoms with Gasteiger partial charge in [-0.05, 0) is 24.3 Å². The van der Waals surface area contributed by atoms with Crippen LogP contribution in [0.25, 0.3) is 11.3 Å². The fourth-order valence-electron chi connectivity index (χ4n) is 1.77. The van der Waals surface area contributed by atoms with Gasteiger partial charge in [-0.25, -0.2) is 14.4 Å². The summed E-state index contributed by atoms with van der Waals surface area (Å²) >= 11 is 0. The molecule has 0 radical (unpaired) electrons. The van der Waals surface area contributed by atoms with Gasteiger partial charge in [0.15, 0.2) is 11.5 Å². The minimum Gasteiger partial charge on any atom is -0.382 e. The zero-order valence-electron chi connectivity index (χ0n) is 12.3. The largest absolute Gasteiger partial charge is 0.382 e. The van der Waals surface area contributed by atoms with Crippen molar-refractivity contribution in [2.75, 3.05) is 5.73 Å². The maximum Gasteiger partial charge on any atom is 0.279 e. The Hall–Kier alpha value is -3.29. The summed E-state index contributed by atoms with van der Waals surface area (Å²) < 4.78 is 13.0. The van der Waals surface area contributed by atoms with E-state index >= 15 is 0 Å². The molecule has 8 heteroatoms. The minimum atomic E-state index is -0.669. The molecule has 0 fully saturated rings. The van der Waals surface area contributed by atoms with Crippen LogP contribution in [0, 0.1) is 5.82 Å². The lowest BCUT2D eigenvalue weighted by molar-refractivity contribution is -0.118. The Morgan fingerprint density at radius 3 is 2.48 bits per heavy atom. The van der Waals surface area contributed by atoms with Gasteiger partial charge in [-0.3, -0.25) is 9.59 Å². The summed E-state index contributed by atoms with van der Waals surface area (Å²) in [5, 5.41) is 4.67. The third-order valence-electron chi connectivity index (χ3n) is 2.75. The molecule has 2 amide bonds. The fourth-order valence-corrected chi connectivity index (χ4v) is 1.77. The lowest BCUT2D eigenvalue weighted by atomic mass is 10.1. The van der Waals surface area contributed by atoms with Crippen molar-refractivity contribution in [3.8, 4) is 11.3 Å². The van der Waals surface area contributed by atoms with Crippen LogP contribution in [0.2, 0.25) is 0 Å². The molecule has 23 heavy (non-hydrogen) atoms. The number of aromatic nitrogens is 2. The zero-order valence-corrected chi connectivity index (χ0v) is 12.3. The molecule has 1 heterocycles. The van der Waals surface area contributed by atoms with Crippen LogP contribution < -0.4 is 16.4 Å². The summed E-state index contributed by atoms with van der Waals surface area (Å²) in [5.41, 5.74) is 6.46. The summed E-state index contributed by atoms with van der Waals surface area (Å²) in [6, 6.07) is 5.55. The first kappa shape index (κ1) is 16.1. The lowest BCUT2D eigenvalue weighted by Crippen LogP contribution is -2.34. The number of carbonyl (C=O) groups is 2. The average Bonchev–Trinajstić information content (AvgIpc) is 2.47. The molecule has 0 aliphatic carbocycles. The topological polar surface area (TPSA) is 110 Å². The molecule has 1 aromatic carbocycles. The van der Waals surface area contributed by atoms with Crippen LogP contribution in [-0.4, -0.2) is 21.8 Å². The monoisotopic (exact) mass is 315 g/mol. The van der Waals surface area contributed by atoms with Crippen molar-refractivity contribution in [3.05, 3.63) is 54.4 Å². The Bertz CT molecular complexity index is 774. The molecule has 118 valence electrons. The average molecular weight is 315 g/mol. The number of nitrogens with one attached hydrogen (secondary N) is 2. The molecule has 0 bridgehead atoms. The third-order valence-corrected chi connectivity index (χ3v) is 2.75. The van der Waals surface area contributed by atoms with E-state index in [0.717, 1.165) is 0 Å². The third kappa shape index (κ3) is 4.10. The van der Waals surface area contributed by atoms with Crippen molar-refractivity contribution in [2.24, 2.45) is 0 Å². The Morgan fingerprint density at radius 2 is 1.87 bits per heavy atom. The Kier molecular flexibility index (Phi) is 4.65. The van der Waals surface area contributed by atoms with E-state index in [0.29, 0.717) is 11.3 Å². The van der Waals surface area contributed by atoms with Gasteiger partial charge in [0.25, 0.3) is 5.91 Å². The second kappa shape index (κ2) is 6.65. The molecule has 2 aromatic rings. The van der Waals surface area contributed by atoms with E-state index < -0.39 is 5.91 Å². The number of carbonyl (C=O) groups excluding carboxylic acids is 2. The van der Waals surface area contributed by atoms with E-state index in [1.54, 1.807) is 0 Å². The van der Waals surface area contributed by atoms with Crippen molar-refractivity contribution in [1.29, 1.82) is 0 Å². The minimum absolute atomic E-state index is 0.00381. The Balaban J connectivity index is 2.26. The second-order valence-electron chi connectivity index (χ2n) is 4.61. The first-order chi connectivity index (χ1) is 10.9. The van der Waals surface area contributed by atoms with Gasteiger partial charge in [0.2, 0.25) is 5.91 Å². The first-order valence-corrected chi connectivity index (χ1v) is 6.53. The van der Waals surface area contributed by atoms with E-state index in [-0.39, 0.29) is 29.1 Å². The normalized spacial score (nSPS) is 10.0. The Morgan fingerprint density at radius 1 is 1.22 bits per heavy atom. The number of nitrogens with two attached hydrogens (primary N) is 1. The van der Waals surface area contributed by atoms with Crippen molar-refractivity contribution < 1.29 is 14.0 Å². The maximum absolute atomic E-state index is 13.0. The number of nitrogens with zero attached hydrogens (tertiary/aromatic N) is 2. The smallest absolute Gasteiger partial charge is 0.279 e. The molecular formula is C15H14FN5O2.